The molecular weight excluding hydrogens is 950 g/mol. The van der Waals surface area contributed by atoms with Gasteiger partial charge in [0.05, 0.1) is 34.5 Å². The Morgan fingerprint density at radius 3 is 2.26 bits per heavy atom. The topological polar surface area (TPSA) is 177 Å². The fourth-order valence-electron chi connectivity index (χ4n) is 8.07. The van der Waals surface area contributed by atoms with E-state index in [-0.39, 0.29) is 60.1 Å². The molecule has 8 rings (SSSR count). The Kier molecular flexibility index (Phi) is 14.4. The maximum atomic E-state index is 14.9. The number of thiazole rings is 1. The lowest BCUT2D eigenvalue weighted by Gasteiger charge is -2.36. The zero-order chi connectivity index (χ0) is 48.3. The third-order valence-corrected chi connectivity index (χ3v) is 16.1. The maximum Gasteiger partial charge on any atom is 0.328 e. The second-order valence-electron chi connectivity index (χ2n) is 16.2. The Bertz CT molecular complexity index is 3030. The molecule has 14 nitrogen and oxygen atoms in total. The van der Waals surface area contributed by atoms with Crippen LogP contribution in [0.1, 0.15) is 59.0 Å². The van der Waals surface area contributed by atoms with Gasteiger partial charge in [-0.3, -0.25) is 14.5 Å². The molecule has 3 atom stereocenters. The summed E-state index contributed by atoms with van der Waals surface area (Å²) < 4.78 is 54.6. The molecule has 1 aromatic heterocycles. The van der Waals surface area contributed by atoms with Crippen molar-refractivity contribution < 1.29 is 41.7 Å². The molecule has 0 spiro atoms. The van der Waals surface area contributed by atoms with Crippen molar-refractivity contribution in [2.24, 2.45) is 0 Å². The monoisotopic (exact) mass is 993 g/mol. The average molecular weight is 995 g/mol. The van der Waals surface area contributed by atoms with E-state index < -0.39 is 40.1 Å². The maximum absolute atomic E-state index is 14.9. The summed E-state index contributed by atoms with van der Waals surface area (Å²) >= 11 is 13.1. The van der Waals surface area contributed by atoms with Crippen LogP contribution in [0.3, 0.4) is 0 Å². The van der Waals surface area contributed by atoms with Crippen LogP contribution >= 0.6 is 34.5 Å². The lowest BCUT2D eigenvalue weighted by atomic mass is 9.93. The predicted molar refractivity (Wildman–Crippen MR) is 258 cm³/mol. The van der Waals surface area contributed by atoms with Crippen molar-refractivity contribution in [1.29, 1.82) is 5.26 Å². The fourth-order valence-corrected chi connectivity index (χ4v) is 11.7. The number of amides is 2. The van der Waals surface area contributed by atoms with Gasteiger partial charge in [0.15, 0.2) is 26.9 Å². The average Bonchev–Trinajstić information content (AvgIpc) is 3.74. The molecule has 0 saturated heterocycles. The van der Waals surface area contributed by atoms with Crippen molar-refractivity contribution in [3.63, 3.8) is 0 Å². The van der Waals surface area contributed by atoms with E-state index in [1.54, 1.807) is 50.2 Å². The van der Waals surface area contributed by atoms with Gasteiger partial charge in [0.25, 0.3) is 10.0 Å². The van der Waals surface area contributed by atoms with Crippen LogP contribution in [0.5, 0.6) is 17.2 Å². The molecule has 0 saturated carbocycles. The van der Waals surface area contributed by atoms with Gasteiger partial charge in [0, 0.05) is 26.4 Å². The molecule has 3 heterocycles. The molecule has 18 heteroatoms. The highest BCUT2D eigenvalue weighted by Crippen LogP contribution is 2.43. The smallest absolute Gasteiger partial charge is 0.328 e. The molecule has 5 aromatic carbocycles. The lowest BCUT2D eigenvalue weighted by molar-refractivity contribution is -0.145. The number of esters is 1. The van der Waals surface area contributed by atoms with Crippen molar-refractivity contribution in [1.82, 2.24) is 14.6 Å². The van der Waals surface area contributed by atoms with Gasteiger partial charge >= 0.3 is 5.97 Å². The van der Waals surface area contributed by atoms with Gasteiger partial charge in [-0.15, -0.1) is 0 Å². The number of ether oxygens (including phenoxy) is 4. The van der Waals surface area contributed by atoms with Crippen molar-refractivity contribution in [2.45, 2.75) is 69.2 Å². The second-order valence-corrected chi connectivity index (χ2v) is 20.0. The first-order chi connectivity index (χ1) is 32.6. The fraction of sp³-hybridized carbons (Fsp3) is 0.260. The predicted octanol–water partition coefficient (Wildman–Crippen LogP) is 8.78. The molecule has 1 N–H and O–H groups in total. The number of hydrogen-bond acceptors (Lipinski definition) is 12. The lowest BCUT2D eigenvalue weighted by Crippen LogP contribution is -2.56. The number of aromatic nitrogens is 1. The third kappa shape index (κ3) is 10.3. The molecule has 68 heavy (non-hydrogen) atoms. The minimum atomic E-state index is -4.48. The molecule has 1 unspecified atom stereocenters. The van der Waals surface area contributed by atoms with Gasteiger partial charge in [-0.05, 0) is 108 Å². The van der Waals surface area contributed by atoms with E-state index in [9.17, 15) is 28.1 Å². The molecule has 0 fully saturated rings. The first kappa shape index (κ1) is 48.0. The van der Waals surface area contributed by atoms with Crippen LogP contribution in [-0.4, -0.2) is 67.8 Å². The third-order valence-electron chi connectivity index (χ3n) is 11.7. The van der Waals surface area contributed by atoms with Crippen LogP contribution in [0.2, 0.25) is 10.0 Å². The zero-order valence-electron chi connectivity index (χ0n) is 37.3. The van der Waals surface area contributed by atoms with Gasteiger partial charge < -0.3 is 24.3 Å². The number of sulfonamides is 1. The van der Waals surface area contributed by atoms with Crippen molar-refractivity contribution in [2.75, 3.05) is 25.2 Å². The highest BCUT2D eigenvalue weighted by Gasteiger charge is 2.43. The Balaban J connectivity index is 1.05. The molecular formula is C50H45Cl2N5O9S2. The number of carbonyl (C=O) groups excluding carboxylic acids is 3. The number of benzene rings is 5. The number of anilines is 1. The Morgan fingerprint density at radius 1 is 0.941 bits per heavy atom. The molecule has 2 aliphatic rings. The van der Waals surface area contributed by atoms with Crippen LogP contribution in [0.15, 0.2) is 107 Å². The quantitative estimate of drug-likeness (QED) is 0.103. The summed E-state index contributed by atoms with van der Waals surface area (Å²) in [5.41, 5.74) is 6.12. The molecule has 6 aromatic rings. The summed E-state index contributed by atoms with van der Waals surface area (Å²) in [6.45, 7) is 5.18. The van der Waals surface area contributed by atoms with E-state index in [0.717, 1.165) is 37.9 Å². The number of methoxy groups -OCH3 is 1. The summed E-state index contributed by atoms with van der Waals surface area (Å²) in [6, 6.07) is 30.4. The normalized spacial score (nSPS) is 15.9. The second kappa shape index (κ2) is 20.4. The van der Waals surface area contributed by atoms with Gasteiger partial charge in [0.1, 0.15) is 31.0 Å². The van der Waals surface area contributed by atoms with E-state index in [0.29, 0.717) is 49.5 Å². The molecule has 2 amide bonds. The van der Waals surface area contributed by atoms with E-state index >= 15 is 0 Å². The number of carbonyl (C=O) groups is 3. The summed E-state index contributed by atoms with van der Waals surface area (Å²) in [6.07, 6.45) is -0.530. The number of fused-ring (bicyclic) bond motifs is 2. The number of nitrogens with one attached hydrogen (secondary N) is 1. The molecule has 2 aliphatic heterocycles. The van der Waals surface area contributed by atoms with Crippen molar-refractivity contribution >= 4 is 67.5 Å². The Morgan fingerprint density at radius 2 is 1.62 bits per heavy atom. The summed E-state index contributed by atoms with van der Waals surface area (Å²) in [5, 5.41) is 13.1. The van der Waals surface area contributed by atoms with Crippen LogP contribution < -0.4 is 24.4 Å². The van der Waals surface area contributed by atoms with E-state index in [1.165, 1.54) is 18.9 Å². The summed E-state index contributed by atoms with van der Waals surface area (Å²) in [7, 11) is -3.26. The number of aryl methyl sites for hydroxylation is 1. The number of nitrogens with zero attached hydrogens (tertiary/aromatic N) is 4. The Hall–Kier alpha value is -6.48. The standard InChI is InChI=1S/C50H45Cl2N5O9S2/c1-5-56(30(3)58)50-54-29(2)49(67-50)68(61,62)57-26-38-24-45-44(65-28-46(66-45)36-15-17-39(18-16-36)64-27-33-10-19-40(51)41(52)20-33)23-37(38)22-43(57)47(59)55-42(48(60)63-4)21-31-6-11-34(12-7-31)35-13-8-32(25-53)9-14-35/h6-20,23-24,42-43,46H,5,21-22,26-28H2,1-4H3,(H,55,59)/t42?,43-,46-/m0/s1. The van der Waals surface area contributed by atoms with Crippen molar-refractivity contribution in [3.05, 3.63) is 152 Å². The number of halogens is 2. The molecule has 0 aliphatic carbocycles. The number of rotatable bonds is 14. The van der Waals surface area contributed by atoms with Crippen LogP contribution in [0, 0.1) is 18.3 Å². The van der Waals surface area contributed by atoms with Gasteiger partial charge in [-0.2, -0.15) is 9.57 Å². The van der Waals surface area contributed by atoms with Crippen LogP contribution in [0.25, 0.3) is 11.1 Å². The van der Waals surface area contributed by atoms with Crippen molar-refractivity contribution in [3.8, 4) is 34.4 Å². The zero-order valence-corrected chi connectivity index (χ0v) is 40.5. The van der Waals surface area contributed by atoms with Crippen LogP contribution in [-0.2, 0) is 55.1 Å². The van der Waals surface area contributed by atoms with Crippen LogP contribution in [0.4, 0.5) is 5.13 Å². The minimum absolute atomic E-state index is 0.0473. The number of nitriles is 1. The summed E-state index contributed by atoms with van der Waals surface area (Å²) in [5.74, 6) is -0.281. The first-order valence-corrected chi connectivity index (χ1v) is 24.5. The first-order valence-electron chi connectivity index (χ1n) is 21.5. The highest BCUT2D eigenvalue weighted by molar-refractivity contribution is 7.91. The van der Waals surface area contributed by atoms with Gasteiger partial charge in [-0.1, -0.05) is 89.1 Å². The summed E-state index contributed by atoms with van der Waals surface area (Å²) in [4.78, 5) is 46.2. The molecule has 0 bridgehead atoms. The van der Waals surface area contributed by atoms with E-state index in [4.69, 9.17) is 42.1 Å². The SMILES string of the molecule is CCN(C(C)=O)c1nc(C)c(S(=O)(=O)N2Cc3cc4c(cc3C[C@H]2C(=O)NC(Cc2ccc(-c3ccc(C#N)cc3)cc2)C(=O)OC)OC[C@@H](c2ccc(OCc3ccc(Cl)c(Cl)c3)cc2)O4)s1. The minimum Gasteiger partial charge on any atom is -0.489 e. The van der Waals surface area contributed by atoms with E-state index in [1.807, 2.05) is 66.7 Å². The molecule has 350 valence electrons. The van der Waals surface area contributed by atoms with Gasteiger partial charge in [0.2, 0.25) is 11.8 Å². The highest BCUT2D eigenvalue weighted by atomic mass is 35.5. The molecule has 0 radical (unpaired) electrons. The Labute approximate surface area is 408 Å². The van der Waals surface area contributed by atoms with E-state index in [2.05, 4.69) is 16.4 Å². The number of hydrogen-bond donors (Lipinski definition) is 1. The van der Waals surface area contributed by atoms with Gasteiger partial charge in [-0.25, -0.2) is 18.2 Å². The largest absolute Gasteiger partial charge is 0.489 e.